The highest BCUT2D eigenvalue weighted by molar-refractivity contribution is 5.80. The Bertz CT molecular complexity index is 517. The van der Waals surface area contributed by atoms with Gasteiger partial charge in [0.05, 0.1) is 18.7 Å². The molecule has 7 heteroatoms. The zero-order valence-electron chi connectivity index (χ0n) is 15.8. The summed E-state index contributed by atoms with van der Waals surface area (Å²) in [5.41, 5.74) is -1.31. The third kappa shape index (κ3) is 5.31. The fourth-order valence-electron chi connectivity index (χ4n) is 2.68. The molecule has 1 saturated heterocycles. The van der Waals surface area contributed by atoms with Gasteiger partial charge in [-0.2, -0.15) is 0 Å². The average Bonchev–Trinajstić information content (AvgIpc) is 2.66. The first-order valence-corrected chi connectivity index (χ1v) is 8.10. The van der Waals surface area contributed by atoms with Crippen molar-refractivity contribution < 1.29 is 14.3 Å². The Morgan fingerprint density at radius 2 is 2.04 bits per heavy atom. The number of nitrogens with one attached hydrogen (secondary N) is 2. The van der Waals surface area contributed by atoms with Crippen LogP contribution >= 0.6 is 0 Å². The molecule has 0 radical (unpaired) electrons. The van der Waals surface area contributed by atoms with Crippen LogP contribution in [-0.4, -0.2) is 60.6 Å². The first-order chi connectivity index (χ1) is 11.0. The number of carbonyl (C=O) groups excluding carboxylic acids is 1. The van der Waals surface area contributed by atoms with Gasteiger partial charge in [-0.1, -0.05) is 5.92 Å². The minimum Gasteiger partial charge on any atom is -0.444 e. The van der Waals surface area contributed by atoms with Gasteiger partial charge in [0.2, 0.25) is 0 Å². The van der Waals surface area contributed by atoms with Gasteiger partial charge in [-0.3, -0.25) is 9.89 Å². The Kier molecular flexibility index (Phi) is 6.50. The molecule has 0 aromatic rings. The predicted molar refractivity (Wildman–Crippen MR) is 94.7 cm³/mol. The molecule has 1 aliphatic rings. The molecule has 2 unspecified atom stereocenters. The number of rotatable bonds is 3. The SMILES string of the molecule is C#CCNC(=NC)NCC1C(C)OC(C)(C)N1C(=O)OC(C)(C)C. The molecule has 0 spiro atoms. The molecule has 1 amide bonds. The summed E-state index contributed by atoms with van der Waals surface area (Å²) in [6, 6.07) is -0.195. The van der Waals surface area contributed by atoms with E-state index in [4.69, 9.17) is 15.9 Å². The first kappa shape index (κ1) is 20.1. The van der Waals surface area contributed by atoms with Crippen molar-refractivity contribution in [2.24, 2.45) is 4.99 Å². The summed E-state index contributed by atoms with van der Waals surface area (Å²) in [5.74, 6) is 3.07. The number of terminal acetylenes is 1. The molecular formula is C17H30N4O3. The predicted octanol–water partition coefficient (Wildman–Crippen LogP) is 1.55. The lowest BCUT2D eigenvalue weighted by Crippen LogP contribution is -2.54. The van der Waals surface area contributed by atoms with Gasteiger partial charge in [-0.25, -0.2) is 4.79 Å². The maximum Gasteiger partial charge on any atom is 0.412 e. The standard InChI is InChI=1S/C17H30N4O3/c1-9-10-19-14(18-8)20-11-13-12(2)23-17(6,7)21(13)15(22)24-16(3,4)5/h1,12-13H,10-11H2,2-8H3,(H2,18,19,20). The molecular weight excluding hydrogens is 308 g/mol. The van der Waals surface area contributed by atoms with E-state index in [0.29, 0.717) is 19.0 Å². The van der Waals surface area contributed by atoms with Crippen molar-refractivity contribution in [2.45, 2.75) is 65.0 Å². The second-order valence-electron chi connectivity index (χ2n) is 7.20. The van der Waals surface area contributed by atoms with Gasteiger partial charge >= 0.3 is 6.09 Å². The van der Waals surface area contributed by atoms with Gasteiger partial charge in [0.1, 0.15) is 11.3 Å². The van der Waals surface area contributed by atoms with E-state index in [1.54, 1.807) is 11.9 Å². The minimum atomic E-state index is -0.746. The molecule has 0 saturated carbocycles. The molecule has 7 nitrogen and oxygen atoms in total. The minimum absolute atomic E-state index is 0.147. The molecule has 0 aliphatic carbocycles. The zero-order chi connectivity index (χ0) is 18.5. The molecule has 1 rings (SSSR count). The maximum atomic E-state index is 12.6. The van der Waals surface area contributed by atoms with Crippen LogP contribution in [0.1, 0.15) is 41.5 Å². The number of hydrogen-bond donors (Lipinski definition) is 2. The Balaban J connectivity index is 2.85. The number of guanidine groups is 1. The lowest BCUT2D eigenvalue weighted by molar-refractivity contribution is -0.0755. The summed E-state index contributed by atoms with van der Waals surface area (Å²) in [4.78, 5) is 18.4. The van der Waals surface area contributed by atoms with Crippen LogP contribution < -0.4 is 10.6 Å². The molecule has 1 aliphatic heterocycles. The number of amides is 1. The van der Waals surface area contributed by atoms with Crippen LogP contribution in [0.4, 0.5) is 4.79 Å². The van der Waals surface area contributed by atoms with Crippen LogP contribution in [0.15, 0.2) is 4.99 Å². The van der Waals surface area contributed by atoms with Crippen LogP contribution in [0.5, 0.6) is 0 Å². The van der Waals surface area contributed by atoms with Crippen LogP contribution in [0.25, 0.3) is 0 Å². The highest BCUT2D eigenvalue weighted by Gasteiger charge is 2.49. The van der Waals surface area contributed by atoms with Gasteiger partial charge in [-0.15, -0.1) is 6.42 Å². The monoisotopic (exact) mass is 338 g/mol. The summed E-state index contributed by atoms with van der Waals surface area (Å²) >= 11 is 0. The third-order valence-corrected chi connectivity index (χ3v) is 3.58. The Labute approximate surface area is 145 Å². The van der Waals surface area contributed by atoms with Crippen molar-refractivity contribution >= 4 is 12.1 Å². The lowest BCUT2D eigenvalue weighted by Gasteiger charge is -2.35. The van der Waals surface area contributed by atoms with Crippen molar-refractivity contribution in [3.8, 4) is 12.3 Å². The zero-order valence-corrected chi connectivity index (χ0v) is 15.8. The van der Waals surface area contributed by atoms with Gasteiger partial charge in [-0.05, 0) is 41.5 Å². The number of aliphatic imine (C=N–C) groups is 1. The van der Waals surface area contributed by atoms with Gasteiger partial charge in [0.15, 0.2) is 5.96 Å². The number of hydrogen-bond acceptors (Lipinski definition) is 4. The molecule has 0 bridgehead atoms. The van der Waals surface area contributed by atoms with E-state index in [1.165, 1.54) is 0 Å². The molecule has 1 fully saturated rings. The highest BCUT2D eigenvalue weighted by atomic mass is 16.6. The van der Waals surface area contributed by atoms with Crippen LogP contribution in [0, 0.1) is 12.3 Å². The van der Waals surface area contributed by atoms with E-state index in [0.717, 1.165) is 0 Å². The highest BCUT2D eigenvalue weighted by Crippen LogP contribution is 2.33. The van der Waals surface area contributed by atoms with Gasteiger partial charge in [0.25, 0.3) is 0 Å². The fourth-order valence-corrected chi connectivity index (χ4v) is 2.68. The Morgan fingerprint density at radius 3 is 2.54 bits per heavy atom. The average molecular weight is 338 g/mol. The Hall–Kier alpha value is -1.94. The Morgan fingerprint density at radius 1 is 1.42 bits per heavy atom. The summed E-state index contributed by atoms with van der Waals surface area (Å²) in [7, 11) is 1.66. The molecule has 136 valence electrons. The number of nitrogens with zero attached hydrogens (tertiary/aromatic N) is 2. The normalized spacial score (nSPS) is 23.6. The fraction of sp³-hybridized carbons (Fsp3) is 0.765. The maximum absolute atomic E-state index is 12.6. The number of carbonyl (C=O) groups is 1. The second kappa shape index (κ2) is 7.75. The first-order valence-electron chi connectivity index (χ1n) is 8.10. The van der Waals surface area contributed by atoms with E-state index in [9.17, 15) is 4.79 Å². The molecule has 1 heterocycles. The molecule has 0 aromatic heterocycles. The topological polar surface area (TPSA) is 75.2 Å². The van der Waals surface area contributed by atoms with Gasteiger partial charge < -0.3 is 20.1 Å². The lowest BCUT2D eigenvalue weighted by atomic mass is 10.1. The van der Waals surface area contributed by atoms with Crippen molar-refractivity contribution in [2.75, 3.05) is 20.1 Å². The van der Waals surface area contributed by atoms with E-state index in [-0.39, 0.29) is 12.1 Å². The number of ether oxygens (including phenoxy) is 2. The summed E-state index contributed by atoms with van der Waals surface area (Å²) in [6.07, 6.45) is 4.70. The largest absolute Gasteiger partial charge is 0.444 e. The molecule has 0 aromatic carbocycles. The molecule has 24 heavy (non-hydrogen) atoms. The van der Waals surface area contributed by atoms with E-state index >= 15 is 0 Å². The van der Waals surface area contributed by atoms with Gasteiger partial charge in [0, 0.05) is 13.6 Å². The van der Waals surface area contributed by atoms with Crippen LogP contribution in [0.2, 0.25) is 0 Å². The molecule has 2 N–H and O–H groups in total. The third-order valence-electron chi connectivity index (χ3n) is 3.58. The van der Waals surface area contributed by atoms with E-state index < -0.39 is 17.4 Å². The summed E-state index contributed by atoms with van der Waals surface area (Å²) < 4.78 is 11.5. The summed E-state index contributed by atoms with van der Waals surface area (Å²) in [6.45, 7) is 12.0. The summed E-state index contributed by atoms with van der Waals surface area (Å²) in [5, 5.41) is 6.16. The van der Waals surface area contributed by atoms with Crippen molar-refractivity contribution in [3.05, 3.63) is 0 Å². The second-order valence-corrected chi connectivity index (χ2v) is 7.20. The van der Waals surface area contributed by atoms with Crippen molar-refractivity contribution in [3.63, 3.8) is 0 Å². The van der Waals surface area contributed by atoms with E-state index in [1.807, 2.05) is 41.5 Å². The quantitative estimate of drug-likeness (QED) is 0.464. The van der Waals surface area contributed by atoms with Crippen molar-refractivity contribution in [1.29, 1.82) is 0 Å². The molecule has 2 atom stereocenters. The van der Waals surface area contributed by atoms with Crippen LogP contribution in [0.3, 0.4) is 0 Å². The van der Waals surface area contributed by atoms with Crippen LogP contribution in [-0.2, 0) is 9.47 Å². The smallest absolute Gasteiger partial charge is 0.412 e. The van der Waals surface area contributed by atoms with Crippen molar-refractivity contribution in [1.82, 2.24) is 15.5 Å². The van der Waals surface area contributed by atoms with E-state index in [2.05, 4.69) is 21.5 Å².